The molecule has 0 spiro atoms. The SMILES string of the molecule is CC1CCC(C(=O)O)C1(C)C. The van der Waals surface area contributed by atoms with Crippen molar-refractivity contribution in [2.75, 3.05) is 0 Å². The lowest BCUT2D eigenvalue weighted by atomic mass is 9.76. The van der Waals surface area contributed by atoms with Crippen LogP contribution in [-0.2, 0) is 4.79 Å². The molecule has 1 saturated carbocycles. The molecule has 1 aliphatic rings. The van der Waals surface area contributed by atoms with Gasteiger partial charge >= 0.3 is 5.97 Å². The molecule has 2 nitrogen and oxygen atoms in total. The second-order valence-corrected chi connectivity index (χ2v) is 4.19. The van der Waals surface area contributed by atoms with E-state index in [2.05, 4.69) is 20.8 Å². The highest BCUT2D eigenvalue weighted by Crippen LogP contribution is 2.46. The van der Waals surface area contributed by atoms with Crippen LogP contribution in [0.1, 0.15) is 33.6 Å². The fourth-order valence-corrected chi connectivity index (χ4v) is 1.95. The van der Waals surface area contributed by atoms with E-state index in [0.29, 0.717) is 5.92 Å². The molecule has 11 heavy (non-hydrogen) atoms. The van der Waals surface area contributed by atoms with Crippen LogP contribution in [-0.4, -0.2) is 11.1 Å². The molecule has 0 aromatic rings. The van der Waals surface area contributed by atoms with E-state index in [0.717, 1.165) is 12.8 Å². The van der Waals surface area contributed by atoms with Gasteiger partial charge in [0.1, 0.15) is 0 Å². The van der Waals surface area contributed by atoms with Gasteiger partial charge < -0.3 is 5.11 Å². The van der Waals surface area contributed by atoms with Gasteiger partial charge in [-0.15, -0.1) is 0 Å². The minimum Gasteiger partial charge on any atom is -0.481 e. The molecule has 1 aliphatic carbocycles. The predicted octanol–water partition coefficient (Wildman–Crippen LogP) is 2.14. The Kier molecular flexibility index (Phi) is 1.95. The predicted molar refractivity (Wildman–Crippen MR) is 43.3 cm³/mol. The molecule has 0 amide bonds. The molecule has 64 valence electrons. The summed E-state index contributed by atoms with van der Waals surface area (Å²) in [7, 11) is 0. The third kappa shape index (κ3) is 1.26. The number of carbonyl (C=O) groups is 1. The summed E-state index contributed by atoms with van der Waals surface area (Å²) in [5.41, 5.74) is -0.00810. The van der Waals surface area contributed by atoms with Crippen molar-refractivity contribution in [2.45, 2.75) is 33.6 Å². The van der Waals surface area contributed by atoms with Gasteiger partial charge in [-0.2, -0.15) is 0 Å². The van der Waals surface area contributed by atoms with E-state index < -0.39 is 5.97 Å². The number of rotatable bonds is 1. The number of hydrogen-bond acceptors (Lipinski definition) is 1. The van der Waals surface area contributed by atoms with Crippen molar-refractivity contribution < 1.29 is 9.90 Å². The first-order valence-electron chi connectivity index (χ1n) is 4.19. The number of hydrogen-bond donors (Lipinski definition) is 1. The molecule has 1 rings (SSSR count). The lowest BCUT2D eigenvalue weighted by Crippen LogP contribution is -2.29. The fourth-order valence-electron chi connectivity index (χ4n) is 1.95. The zero-order valence-electron chi connectivity index (χ0n) is 7.42. The van der Waals surface area contributed by atoms with E-state index in [1.54, 1.807) is 0 Å². The Balaban J connectivity index is 2.78. The van der Waals surface area contributed by atoms with Crippen LogP contribution in [0.5, 0.6) is 0 Å². The Hall–Kier alpha value is -0.530. The van der Waals surface area contributed by atoms with Crippen LogP contribution in [0.3, 0.4) is 0 Å². The normalized spacial score (nSPS) is 35.5. The van der Waals surface area contributed by atoms with Crippen molar-refractivity contribution in [2.24, 2.45) is 17.3 Å². The van der Waals surface area contributed by atoms with Crippen molar-refractivity contribution in [3.8, 4) is 0 Å². The second-order valence-electron chi connectivity index (χ2n) is 4.19. The average Bonchev–Trinajstić information content (AvgIpc) is 2.08. The summed E-state index contributed by atoms with van der Waals surface area (Å²) in [6.07, 6.45) is 1.91. The summed E-state index contributed by atoms with van der Waals surface area (Å²) in [5.74, 6) is -0.208. The van der Waals surface area contributed by atoms with Gasteiger partial charge in [0.05, 0.1) is 5.92 Å². The summed E-state index contributed by atoms with van der Waals surface area (Å²) in [6.45, 7) is 6.26. The first kappa shape index (κ1) is 8.57. The van der Waals surface area contributed by atoms with Crippen molar-refractivity contribution in [1.82, 2.24) is 0 Å². The van der Waals surface area contributed by atoms with E-state index >= 15 is 0 Å². The molecule has 0 bridgehead atoms. The molecule has 0 saturated heterocycles. The van der Waals surface area contributed by atoms with E-state index in [4.69, 9.17) is 5.11 Å². The third-order valence-corrected chi connectivity index (χ3v) is 3.35. The Morgan fingerprint density at radius 2 is 2.00 bits per heavy atom. The van der Waals surface area contributed by atoms with Gasteiger partial charge in [0.15, 0.2) is 0 Å². The number of carboxylic acids is 1. The first-order valence-corrected chi connectivity index (χ1v) is 4.19. The molecule has 1 fully saturated rings. The zero-order valence-corrected chi connectivity index (χ0v) is 7.42. The standard InChI is InChI=1S/C9H16O2/c1-6-4-5-7(8(10)11)9(6,2)3/h6-7H,4-5H2,1-3H3,(H,10,11). The van der Waals surface area contributed by atoms with Gasteiger partial charge in [0.25, 0.3) is 0 Å². The van der Waals surface area contributed by atoms with Gasteiger partial charge in [-0.1, -0.05) is 20.8 Å². The topological polar surface area (TPSA) is 37.3 Å². The average molecular weight is 156 g/mol. The molecule has 0 heterocycles. The van der Waals surface area contributed by atoms with Crippen LogP contribution in [0.4, 0.5) is 0 Å². The first-order chi connectivity index (χ1) is 4.96. The minimum absolute atomic E-state index is 0.00810. The van der Waals surface area contributed by atoms with Crippen LogP contribution < -0.4 is 0 Å². The Bertz CT molecular complexity index is 172. The van der Waals surface area contributed by atoms with Gasteiger partial charge in [-0.3, -0.25) is 4.79 Å². The minimum atomic E-state index is -0.626. The molecule has 1 N–H and O–H groups in total. The fraction of sp³-hybridized carbons (Fsp3) is 0.889. The second kappa shape index (κ2) is 2.50. The monoisotopic (exact) mass is 156 g/mol. The summed E-state index contributed by atoms with van der Waals surface area (Å²) >= 11 is 0. The van der Waals surface area contributed by atoms with Crippen molar-refractivity contribution in [3.05, 3.63) is 0 Å². The highest BCUT2D eigenvalue weighted by Gasteiger charge is 2.44. The quantitative estimate of drug-likeness (QED) is 0.631. The van der Waals surface area contributed by atoms with Gasteiger partial charge in [0, 0.05) is 0 Å². The van der Waals surface area contributed by atoms with Crippen LogP contribution in [0.15, 0.2) is 0 Å². The van der Waals surface area contributed by atoms with Gasteiger partial charge in [-0.05, 0) is 24.2 Å². The van der Waals surface area contributed by atoms with Crippen LogP contribution in [0.25, 0.3) is 0 Å². The lowest BCUT2D eigenvalue weighted by molar-refractivity contribution is -0.145. The highest BCUT2D eigenvalue weighted by atomic mass is 16.4. The Labute approximate surface area is 67.6 Å². The van der Waals surface area contributed by atoms with Crippen LogP contribution in [0.2, 0.25) is 0 Å². The molecule has 2 heteroatoms. The summed E-state index contributed by atoms with van der Waals surface area (Å²) in [5, 5.41) is 8.87. The molecule has 0 aromatic carbocycles. The van der Waals surface area contributed by atoms with Crippen LogP contribution in [0, 0.1) is 17.3 Å². The number of carboxylic acid groups (broad SMARTS) is 1. The molecule has 0 aliphatic heterocycles. The molecule has 2 unspecified atom stereocenters. The van der Waals surface area contributed by atoms with Crippen molar-refractivity contribution in [3.63, 3.8) is 0 Å². The Morgan fingerprint density at radius 3 is 2.18 bits per heavy atom. The van der Waals surface area contributed by atoms with E-state index in [1.807, 2.05) is 0 Å². The van der Waals surface area contributed by atoms with Gasteiger partial charge in [-0.25, -0.2) is 0 Å². The van der Waals surface area contributed by atoms with Crippen molar-refractivity contribution >= 4 is 5.97 Å². The maximum atomic E-state index is 10.8. The largest absolute Gasteiger partial charge is 0.481 e. The molecular weight excluding hydrogens is 140 g/mol. The van der Waals surface area contributed by atoms with E-state index in [-0.39, 0.29) is 11.3 Å². The van der Waals surface area contributed by atoms with Crippen LogP contribution >= 0.6 is 0 Å². The van der Waals surface area contributed by atoms with E-state index in [1.165, 1.54) is 0 Å². The summed E-state index contributed by atoms with van der Waals surface area (Å²) < 4.78 is 0. The summed E-state index contributed by atoms with van der Waals surface area (Å²) in [4.78, 5) is 10.8. The van der Waals surface area contributed by atoms with Gasteiger partial charge in [0.2, 0.25) is 0 Å². The molecule has 0 aromatic heterocycles. The molecule has 2 atom stereocenters. The molecule has 0 radical (unpaired) electrons. The smallest absolute Gasteiger partial charge is 0.307 e. The maximum absolute atomic E-state index is 10.8. The summed E-state index contributed by atoms with van der Waals surface area (Å²) in [6, 6.07) is 0. The third-order valence-electron chi connectivity index (χ3n) is 3.35. The van der Waals surface area contributed by atoms with E-state index in [9.17, 15) is 4.79 Å². The highest BCUT2D eigenvalue weighted by molar-refractivity contribution is 5.71. The number of aliphatic carboxylic acids is 1. The van der Waals surface area contributed by atoms with Crippen molar-refractivity contribution in [1.29, 1.82) is 0 Å². The zero-order chi connectivity index (χ0) is 8.65. The molecular formula is C9H16O2. The maximum Gasteiger partial charge on any atom is 0.307 e. The Morgan fingerprint density at radius 1 is 1.45 bits per heavy atom. The lowest BCUT2D eigenvalue weighted by Gasteiger charge is -2.28.